The van der Waals surface area contributed by atoms with Crippen LogP contribution >= 0.6 is 0 Å². The number of rotatable bonds is 1. The van der Waals surface area contributed by atoms with Gasteiger partial charge in [-0.3, -0.25) is 0 Å². The molecular weight excluding hydrogens is 156 g/mol. The SMILES string of the molecule is CC(C)(C)C#C/C=C\CC(C)(C)C. The number of hydrogen-bond acceptors (Lipinski definition) is 0. The minimum absolute atomic E-state index is 0.117. The van der Waals surface area contributed by atoms with E-state index < -0.39 is 0 Å². The lowest BCUT2D eigenvalue weighted by molar-refractivity contribution is 0.420. The first-order valence-electron chi connectivity index (χ1n) is 4.88. The molecule has 0 aromatic rings. The van der Waals surface area contributed by atoms with Gasteiger partial charge in [0.2, 0.25) is 0 Å². The van der Waals surface area contributed by atoms with E-state index in [0.717, 1.165) is 6.42 Å². The van der Waals surface area contributed by atoms with Crippen LogP contribution in [0.1, 0.15) is 48.0 Å². The molecule has 0 heteroatoms. The number of hydrogen-bond donors (Lipinski definition) is 0. The van der Waals surface area contributed by atoms with Gasteiger partial charge in [0.25, 0.3) is 0 Å². The summed E-state index contributed by atoms with van der Waals surface area (Å²) in [6, 6.07) is 0. The molecule has 13 heavy (non-hydrogen) atoms. The van der Waals surface area contributed by atoms with E-state index in [1.165, 1.54) is 0 Å². The van der Waals surface area contributed by atoms with Gasteiger partial charge < -0.3 is 0 Å². The highest BCUT2D eigenvalue weighted by atomic mass is 14.1. The van der Waals surface area contributed by atoms with Crippen molar-refractivity contribution in [2.24, 2.45) is 10.8 Å². The Kier molecular flexibility index (Phi) is 4.27. The monoisotopic (exact) mass is 178 g/mol. The second-order valence-corrected chi connectivity index (χ2v) is 5.69. The second-order valence-electron chi connectivity index (χ2n) is 5.69. The minimum atomic E-state index is 0.117. The summed E-state index contributed by atoms with van der Waals surface area (Å²) < 4.78 is 0. The zero-order chi connectivity index (χ0) is 10.5. The Morgan fingerprint density at radius 3 is 1.92 bits per heavy atom. The molecule has 0 saturated heterocycles. The molecule has 0 aliphatic heterocycles. The largest absolute Gasteiger partial charge is 0.0926 e. The normalized spacial score (nSPS) is 12.8. The molecule has 0 spiro atoms. The Bertz CT molecular complexity index is 219. The minimum Gasteiger partial charge on any atom is -0.0926 e. The Balaban J connectivity index is 3.95. The van der Waals surface area contributed by atoms with Gasteiger partial charge in [-0.2, -0.15) is 0 Å². The maximum atomic E-state index is 3.17. The van der Waals surface area contributed by atoms with E-state index in [1.807, 2.05) is 6.08 Å². The van der Waals surface area contributed by atoms with E-state index in [-0.39, 0.29) is 5.41 Å². The van der Waals surface area contributed by atoms with E-state index in [4.69, 9.17) is 0 Å². The summed E-state index contributed by atoms with van der Waals surface area (Å²) in [5.74, 6) is 6.24. The van der Waals surface area contributed by atoms with E-state index in [2.05, 4.69) is 59.5 Å². The Labute approximate surface area is 83.4 Å². The predicted molar refractivity (Wildman–Crippen MR) is 60.4 cm³/mol. The average molecular weight is 178 g/mol. The van der Waals surface area contributed by atoms with Crippen molar-refractivity contribution in [1.82, 2.24) is 0 Å². The molecule has 0 saturated carbocycles. The fourth-order valence-corrected chi connectivity index (χ4v) is 0.730. The maximum Gasteiger partial charge on any atom is 0.0233 e. The van der Waals surface area contributed by atoms with Gasteiger partial charge in [-0.15, -0.1) is 0 Å². The maximum absolute atomic E-state index is 3.17. The zero-order valence-corrected chi connectivity index (χ0v) is 9.86. The van der Waals surface area contributed by atoms with Gasteiger partial charge in [0.1, 0.15) is 0 Å². The third-order valence-electron chi connectivity index (χ3n) is 1.38. The average Bonchev–Trinajstić information content (AvgIpc) is 1.81. The summed E-state index contributed by atoms with van der Waals surface area (Å²) in [7, 11) is 0. The van der Waals surface area contributed by atoms with Crippen LogP contribution in [0, 0.1) is 22.7 Å². The van der Waals surface area contributed by atoms with E-state index in [1.54, 1.807) is 0 Å². The summed E-state index contributed by atoms with van der Waals surface area (Å²) in [6.45, 7) is 13.1. The van der Waals surface area contributed by atoms with Crippen molar-refractivity contribution in [1.29, 1.82) is 0 Å². The highest BCUT2D eigenvalue weighted by Gasteiger charge is 2.06. The van der Waals surface area contributed by atoms with Crippen LogP contribution in [-0.4, -0.2) is 0 Å². The van der Waals surface area contributed by atoms with Gasteiger partial charge >= 0.3 is 0 Å². The van der Waals surface area contributed by atoms with Crippen LogP contribution in [0.25, 0.3) is 0 Å². The van der Waals surface area contributed by atoms with Crippen molar-refractivity contribution >= 4 is 0 Å². The molecule has 74 valence electrons. The molecule has 0 bridgehead atoms. The van der Waals surface area contributed by atoms with Gasteiger partial charge in [0.05, 0.1) is 0 Å². The zero-order valence-electron chi connectivity index (χ0n) is 9.86. The molecule has 0 heterocycles. The Morgan fingerprint density at radius 1 is 1.00 bits per heavy atom. The summed E-state index contributed by atoms with van der Waals surface area (Å²) in [4.78, 5) is 0. The molecule has 0 nitrogen and oxygen atoms in total. The topological polar surface area (TPSA) is 0 Å². The van der Waals surface area contributed by atoms with E-state index in [9.17, 15) is 0 Å². The van der Waals surface area contributed by atoms with Crippen molar-refractivity contribution in [3.05, 3.63) is 12.2 Å². The standard InChI is InChI=1S/C13H22/c1-12(2,3)10-8-7-9-11-13(4,5)6/h7-8H,10H2,1-6H3/b8-7-. The lowest BCUT2D eigenvalue weighted by atomic mass is 9.92. The summed E-state index contributed by atoms with van der Waals surface area (Å²) >= 11 is 0. The fourth-order valence-electron chi connectivity index (χ4n) is 0.730. The third-order valence-corrected chi connectivity index (χ3v) is 1.38. The van der Waals surface area contributed by atoms with Gasteiger partial charge in [-0.1, -0.05) is 38.7 Å². The Morgan fingerprint density at radius 2 is 1.54 bits per heavy atom. The first kappa shape index (κ1) is 12.3. The van der Waals surface area contributed by atoms with Crippen LogP contribution in [0.2, 0.25) is 0 Å². The third kappa shape index (κ3) is 11.3. The van der Waals surface area contributed by atoms with Crippen LogP contribution in [0.3, 0.4) is 0 Å². The summed E-state index contributed by atoms with van der Waals surface area (Å²) in [6.07, 6.45) is 5.21. The molecule has 0 unspecified atom stereocenters. The van der Waals surface area contributed by atoms with Gasteiger partial charge in [-0.25, -0.2) is 0 Å². The molecule has 0 rings (SSSR count). The molecule has 0 aromatic heterocycles. The van der Waals surface area contributed by atoms with Crippen LogP contribution in [0.5, 0.6) is 0 Å². The fraction of sp³-hybridized carbons (Fsp3) is 0.692. The first-order chi connectivity index (χ1) is 5.71. The van der Waals surface area contributed by atoms with Crippen molar-refractivity contribution in [3.8, 4) is 11.8 Å². The molecule has 0 amide bonds. The van der Waals surface area contributed by atoms with Gasteiger partial charge in [0.15, 0.2) is 0 Å². The van der Waals surface area contributed by atoms with Crippen molar-refractivity contribution in [2.75, 3.05) is 0 Å². The van der Waals surface area contributed by atoms with Crippen LogP contribution < -0.4 is 0 Å². The molecule has 0 radical (unpaired) electrons. The van der Waals surface area contributed by atoms with Crippen LogP contribution in [0.15, 0.2) is 12.2 Å². The molecule has 0 fully saturated rings. The predicted octanol–water partition coefficient (Wildman–Crippen LogP) is 4.03. The molecule has 0 atom stereocenters. The molecule has 0 aliphatic rings. The summed E-state index contributed by atoms with van der Waals surface area (Å²) in [5, 5.41) is 0. The number of allylic oxidation sites excluding steroid dienone is 2. The Hall–Kier alpha value is -0.700. The lowest BCUT2D eigenvalue weighted by Crippen LogP contribution is -2.01. The molecule has 0 aromatic carbocycles. The van der Waals surface area contributed by atoms with E-state index >= 15 is 0 Å². The lowest BCUT2D eigenvalue weighted by Gasteiger charge is -2.13. The molecule has 0 N–H and O–H groups in total. The summed E-state index contributed by atoms with van der Waals surface area (Å²) in [5.41, 5.74) is 0.492. The smallest absolute Gasteiger partial charge is 0.0233 e. The van der Waals surface area contributed by atoms with Crippen LogP contribution in [0.4, 0.5) is 0 Å². The van der Waals surface area contributed by atoms with Crippen LogP contribution in [-0.2, 0) is 0 Å². The first-order valence-corrected chi connectivity index (χ1v) is 4.88. The van der Waals surface area contributed by atoms with Gasteiger partial charge in [0, 0.05) is 5.41 Å². The highest BCUT2D eigenvalue weighted by Crippen LogP contribution is 2.18. The molecule has 0 aliphatic carbocycles. The highest BCUT2D eigenvalue weighted by molar-refractivity contribution is 5.19. The molecular formula is C13H22. The van der Waals surface area contributed by atoms with Crippen molar-refractivity contribution < 1.29 is 0 Å². The van der Waals surface area contributed by atoms with E-state index in [0.29, 0.717) is 5.41 Å². The van der Waals surface area contributed by atoms with Crippen molar-refractivity contribution in [3.63, 3.8) is 0 Å². The van der Waals surface area contributed by atoms with Gasteiger partial charge in [-0.05, 0) is 38.7 Å². The quantitative estimate of drug-likeness (QED) is 0.532. The second kappa shape index (κ2) is 4.51. The van der Waals surface area contributed by atoms with Crippen molar-refractivity contribution in [2.45, 2.75) is 48.0 Å².